The second-order valence-electron chi connectivity index (χ2n) is 3.77. The molecule has 0 radical (unpaired) electrons. The average Bonchev–Trinajstić information content (AvgIpc) is 2.12. The number of hydrogen-bond donors (Lipinski definition) is 2. The molecule has 0 aliphatic carbocycles. The van der Waals surface area contributed by atoms with Gasteiger partial charge in [0.25, 0.3) is 0 Å². The van der Waals surface area contributed by atoms with Gasteiger partial charge in [-0.05, 0) is 19.8 Å². The standard InChI is InChI=1S/C10H23N3O/c1-5-14-9(4)7-13-10(11)12-6-8(2)3/h8-9H,5-7H2,1-4H3,(H3,11,12,13). The second-order valence-corrected chi connectivity index (χ2v) is 3.77. The van der Waals surface area contributed by atoms with Gasteiger partial charge in [0.2, 0.25) is 0 Å². The van der Waals surface area contributed by atoms with E-state index in [1.165, 1.54) is 0 Å². The first-order chi connectivity index (χ1) is 6.56. The Labute approximate surface area is 86.9 Å². The van der Waals surface area contributed by atoms with Crippen LogP contribution in [0.2, 0.25) is 0 Å². The smallest absolute Gasteiger partial charge is 0.188 e. The minimum absolute atomic E-state index is 0.174. The summed E-state index contributed by atoms with van der Waals surface area (Å²) >= 11 is 0. The Hall–Kier alpha value is -0.770. The van der Waals surface area contributed by atoms with Crippen LogP contribution in [0.15, 0.2) is 4.99 Å². The Bertz CT molecular complexity index is 169. The Morgan fingerprint density at radius 3 is 2.57 bits per heavy atom. The molecule has 0 aliphatic rings. The molecular formula is C10H23N3O. The second kappa shape index (κ2) is 7.62. The van der Waals surface area contributed by atoms with E-state index in [0.29, 0.717) is 18.4 Å². The molecule has 0 fully saturated rings. The summed E-state index contributed by atoms with van der Waals surface area (Å²) in [5.41, 5.74) is 5.65. The van der Waals surface area contributed by atoms with Gasteiger partial charge in [-0.1, -0.05) is 13.8 Å². The molecule has 4 heteroatoms. The zero-order valence-electron chi connectivity index (χ0n) is 9.71. The van der Waals surface area contributed by atoms with Crippen LogP contribution in [0.4, 0.5) is 0 Å². The minimum atomic E-state index is 0.174. The molecule has 0 heterocycles. The number of nitrogens with zero attached hydrogens (tertiary/aromatic N) is 1. The SMILES string of the molecule is CCOC(C)CNC(N)=NCC(C)C. The quantitative estimate of drug-likeness (QED) is 0.497. The summed E-state index contributed by atoms with van der Waals surface area (Å²) in [6, 6.07) is 0. The highest BCUT2D eigenvalue weighted by Crippen LogP contribution is 1.91. The molecule has 0 aromatic rings. The summed E-state index contributed by atoms with van der Waals surface area (Å²) in [5.74, 6) is 1.05. The van der Waals surface area contributed by atoms with Crippen LogP contribution >= 0.6 is 0 Å². The maximum atomic E-state index is 5.65. The fraction of sp³-hybridized carbons (Fsp3) is 0.900. The summed E-state index contributed by atoms with van der Waals surface area (Å²) in [6.45, 7) is 10.4. The normalized spacial score (nSPS) is 14.5. The lowest BCUT2D eigenvalue weighted by Crippen LogP contribution is -2.37. The van der Waals surface area contributed by atoms with Gasteiger partial charge in [0.1, 0.15) is 0 Å². The lowest BCUT2D eigenvalue weighted by molar-refractivity contribution is 0.0794. The van der Waals surface area contributed by atoms with Crippen LogP contribution in [0.3, 0.4) is 0 Å². The summed E-state index contributed by atoms with van der Waals surface area (Å²) in [5, 5.41) is 3.03. The molecule has 0 aromatic carbocycles. The molecule has 0 rings (SSSR count). The predicted octanol–water partition coefficient (Wildman–Crippen LogP) is 0.972. The summed E-state index contributed by atoms with van der Waals surface area (Å²) in [6.07, 6.45) is 0.174. The molecule has 84 valence electrons. The lowest BCUT2D eigenvalue weighted by atomic mass is 10.2. The van der Waals surface area contributed by atoms with E-state index in [0.717, 1.165) is 13.2 Å². The van der Waals surface area contributed by atoms with Gasteiger partial charge in [-0.25, -0.2) is 0 Å². The van der Waals surface area contributed by atoms with Crippen LogP contribution in [0.25, 0.3) is 0 Å². The van der Waals surface area contributed by atoms with E-state index in [9.17, 15) is 0 Å². The minimum Gasteiger partial charge on any atom is -0.377 e. The van der Waals surface area contributed by atoms with Crippen LogP contribution < -0.4 is 11.1 Å². The van der Waals surface area contributed by atoms with Crippen LogP contribution in [-0.2, 0) is 4.74 Å². The third-order valence-corrected chi connectivity index (χ3v) is 1.65. The molecule has 1 unspecified atom stereocenters. The molecule has 3 N–H and O–H groups in total. The van der Waals surface area contributed by atoms with E-state index in [1.807, 2.05) is 13.8 Å². The van der Waals surface area contributed by atoms with Gasteiger partial charge < -0.3 is 15.8 Å². The van der Waals surface area contributed by atoms with Crippen LogP contribution in [0, 0.1) is 5.92 Å². The number of aliphatic imine (C=N–C) groups is 1. The topological polar surface area (TPSA) is 59.6 Å². The molecule has 0 saturated carbocycles. The first kappa shape index (κ1) is 13.2. The highest BCUT2D eigenvalue weighted by molar-refractivity contribution is 5.77. The zero-order chi connectivity index (χ0) is 11.0. The number of hydrogen-bond acceptors (Lipinski definition) is 2. The number of ether oxygens (including phenoxy) is 1. The number of nitrogens with two attached hydrogens (primary N) is 1. The maximum absolute atomic E-state index is 5.65. The van der Waals surface area contributed by atoms with E-state index in [2.05, 4.69) is 24.2 Å². The summed E-state index contributed by atoms with van der Waals surface area (Å²) in [7, 11) is 0. The van der Waals surface area contributed by atoms with Gasteiger partial charge in [-0.15, -0.1) is 0 Å². The number of guanidine groups is 1. The first-order valence-corrected chi connectivity index (χ1v) is 5.21. The van der Waals surface area contributed by atoms with Crippen LogP contribution in [0.5, 0.6) is 0 Å². The van der Waals surface area contributed by atoms with E-state index >= 15 is 0 Å². The Kier molecular flexibility index (Phi) is 7.20. The Morgan fingerprint density at radius 2 is 2.07 bits per heavy atom. The van der Waals surface area contributed by atoms with E-state index < -0.39 is 0 Å². The van der Waals surface area contributed by atoms with Crippen molar-refractivity contribution >= 4 is 5.96 Å². The molecule has 1 atom stereocenters. The monoisotopic (exact) mass is 201 g/mol. The molecule has 0 bridgehead atoms. The van der Waals surface area contributed by atoms with Crippen molar-refractivity contribution in [3.63, 3.8) is 0 Å². The molecule has 0 aliphatic heterocycles. The highest BCUT2D eigenvalue weighted by Gasteiger charge is 2.00. The predicted molar refractivity (Wildman–Crippen MR) is 60.4 cm³/mol. The molecule has 0 saturated heterocycles. The lowest BCUT2D eigenvalue weighted by Gasteiger charge is -2.13. The molecule has 4 nitrogen and oxygen atoms in total. The summed E-state index contributed by atoms with van der Waals surface area (Å²) < 4.78 is 5.34. The fourth-order valence-corrected chi connectivity index (χ4v) is 0.929. The third kappa shape index (κ3) is 7.86. The van der Waals surface area contributed by atoms with Crippen molar-refractivity contribution in [3.8, 4) is 0 Å². The van der Waals surface area contributed by atoms with Gasteiger partial charge >= 0.3 is 0 Å². The molecule has 0 amide bonds. The van der Waals surface area contributed by atoms with Crippen molar-refractivity contribution in [2.45, 2.75) is 33.8 Å². The van der Waals surface area contributed by atoms with Gasteiger partial charge in [0.05, 0.1) is 6.10 Å². The van der Waals surface area contributed by atoms with E-state index in [4.69, 9.17) is 10.5 Å². The van der Waals surface area contributed by atoms with Gasteiger partial charge in [0.15, 0.2) is 5.96 Å². The van der Waals surface area contributed by atoms with Crippen LogP contribution in [-0.4, -0.2) is 31.8 Å². The summed E-state index contributed by atoms with van der Waals surface area (Å²) in [4.78, 5) is 4.18. The van der Waals surface area contributed by atoms with Crippen molar-refractivity contribution in [1.82, 2.24) is 5.32 Å². The highest BCUT2D eigenvalue weighted by atomic mass is 16.5. The zero-order valence-corrected chi connectivity index (χ0v) is 9.71. The third-order valence-electron chi connectivity index (χ3n) is 1.65. The van der Waals surface area contributed by atoms with E-state index in [-0.39, 0.29) is 6.10 Å². The average molecular weight is 201 g/mol. The largest absolute Gasteiger partial charge is 0.377 e. The molecular weight excluding hydrogens is 178 g/mol. The first-order valence-electron chi connectivity index (χ1n) is 5.21. The van der Waals surface area contributed by atoms with Gasteiger partial charge in [-0.3, -0.25) is 4.99 Å². The number of nitrogens with one attached hydrogen (secondary N) is 1. The molecule has 0 spiro atoms. The Balaban J connectivity index is 3.61. The van der Waals surface area contributed by atoms with Crippen molar-refractivity contribution in [2.24, 2.45) is 16.6 Å². The van der Waals surface area contributed by atoms with Gasteiger partial charge in [0, 0.05) is 19.7 Å². The van der Waals surface area contributed by atoms with Gasteiger partial charge in [-0.2, -0.15) is 0 Å². The Morgan fingerprint density at radius 1 is 1.43 bits per heavy atom. The maximum Gasteiger partial charge on any atom is 0.188 e. The van der Waals surface area contributed by atoms with E-state index in [1.54, 1.807) is 0 Å². The van der Waals surface area contributed by atoms with Crippen molar-refractivity contribution in [1.29, 1.82) is 0 Å². The fourth-order valence-electron chi connectivity index (χ4n) is 0.929. The molecule has 14 heavy (non-hydrogen) atoms. The van der Waals surface area contributed by atoms with Crippen molar-refractivity contribution < 1.29 is 4.74 Å². The van der Waals surface area contributed by atoms with Crippen LogP contribution in [0.1, 0.15) is 27.7 Å². The molecule has 0 aromatic heterocycles. The number of rotatable bonds is 6. The van der Waals surface area contributed by atoms with Crippen molar-refractivity contribution in [3.05, 3.63) is 0 Å². The van der Waals surface area contributed by atoms with Crippen molar-refractivity contribution in [2.75, 3.05) is 19.7 Å².